The van der Waals surface area contributed by atoms with Crippen LogP contribution in [0.15, 0.2) is 24.3 Å². The number of nitrogens with zero attached hydrogens (tertiary/aromatic N) is 1. The molecule has 0 saturated carbocycles. The number of anilines is 1. The quantitative estimate of drug-likeness (QED) is 0.878. The minimum Gasteiger partial charge on any atom is -0.444 e. The van der Waals surface area contributed by atoms with Crippen LogP contribution in [-0.4, -0.2) is 46.8 Å². The first kappa shape index (κ1) is 17.3. The van der Waals surface area contributed by atoms with Crippen molar-refractivity contribution in [3.05, 3.63) is 29.8 Å². The summed E-state index contributed by atoms with van der Waals surface area (Å²) in [5.74, 6) is -0.142. The normalized spacial score (nSPS) is 18.4. The highest BCUT2D eigenvalue weighted by Gasteiger charge is 2.23. The van der Waals surface area contributed by atoms with Crippen molar-refractivity contribution in [1.29, 1.82) is 0 Å². The maximum atomic E-state index is 12.5. The van der Waals surface area contributed by atoms with Crippen LogP contribution < -0.4 is 5.32 Å². The zero-order valence-electron chi connectivity index (χ0n) is 13.8. The Morgan fingerprint density at radius 1 is 1.35 bits per heavy atom. The van der Waals surface area contributed by atoms with E-state index >= 15 is 0 Å². The summed E-state index contributed by atoms with van der Waals surface area (Å²) in [5, 5.41) is 12.3. The Hall–Kier alpha value is -2.08. The highest BCUT2D eigenvalue weighted by Crippen LogP contribution is 2.17. The SMILES string of the molecule is CC(C)(C)OC(=O)Nc1cccc(C(=O)N2CCCC(O)C2)c1. The van der Waals surface area contributed by atoms with E-state index in [1.165, 1.54) is 0 Å². The molecule has 6 nitrogen and oxygen atoms in total. The molecule has 1 heterocycles. The van der Waals surface area contributed by atoms with E-state index in [1.807, 2.05) is 0 Å². The Morgan fingerprint density at radius 3 is 2.74 bits per heavy atom. The van der Waals surface area contributed by atoms with E-state index < -0.39 is 17.8 Å². The van der Waals surface area contributed by atoms with Crippen molar-refractivity contribution in [2.45, 2.75) is 45.3 Å². The Bertz CT molecular complexity index is 580. The molecule has 1 atom stereocenters. The van der Waals surface area contributed by atoms with Crippen LogP contribution in [0.3, 0.4) is 0 Å². The number of rotatable bonds is 2. The lowest BCUT2D eigenvalue weighted by Crippen LogP contribution is -2.42. The van der Waals surface area contributed by atoms with Gasteiger partial charge in [0.25, 0.3) is 5.91 Å². The number of benzene rings is 1. The zero-order chi connectivity index (χ0) is 17.0. The van der Waals surface area contributed by atoms with E-state index in [2.05, 4.69) is 5.32 Å². The number of β-amino-alcohol motifs (C(OH)–C–C–N with tert-alkyl or cyclic N) is 1. The average Bonchev–Trinajstić information content (AvgIpc) is 2.44. The van der Waals surface area contributed by atoms with Gasteiger partial charge >= 0.3 is 6.09 Å². The number of nitrogens with one attached hydrogen (secondary N) is 1. The molecule has 2 rings (SSSR count). The van der Waals surface area contributed by atoms with Gasteiger partial charge in [-0.05, 0) is 51.8 Å². The summed E-state index contributed by atoms with van der Waals surface area (Å²) >= 11 is 0. The van der Waals surface area contributed by atoms with Crippen molar-refractivity contribution < 1.29 is 19.4 Å². The molecule has 1 saturated heterocycles. The van der Waals surface area contributed by atoms with Crippen LogP contribution in [-0.2, 0) is 4.74 Å². The highest BCUT2D eigenvalue weighted by molar-refractivity contribution is 5.96. The topological polar surface area (TPSA) is 78.9 Å². The average molecular weight is 320 g/mol. The molecule has 1 unspecified atom stereocenters. The van der Waals surface area contributed by atoms with Crippen molar-refractivity contribution in [3.8, 4) is 0 Å². The molecule has 6 heteroatoms. The number of amides is 2. The molecule has 1 aromatic rings. The fraction of sp³-hybridized carbons (Fsp3) is 0.529. The third-order valence-electron chi connectivity index (χ3n) is 3.44. The van der Waals surface area contributed by atoms with Crippen LogP contribution in [0, 0.1) is 0 Å². The Labute approximate surface area is 136 Å². The van der Waals surface area contributed by atoms with Gasteiger partial charge in [-0.1, -0.05) is 6.07 Å². The summed E-state index contributed by atoms with van der Waals surface area (Å²) in [4.78, 5) is 25.9. The van der Waals surface area contributed by atoms with Crippen LogP contribution in [0.25, 0.3) is 0 Å². The maximum Gasteiger partial charge on any atom is 0.412 e. The van der Waals surface area contributed by atoms with E-state index in [-0.39, 0.29) is 5.91 Å². The number of aliphatic hydroxyl groups excluding tert-OH is 1. The molecular formula is C17H24N2O4. The van der Waals surface area contributed by atoms with Gasteiger partial charge < -0.3 is 14.7 Å². The lowest BCUT2D eigenvalue weighted by Gasteiger charge is -2.30. The summed E-state index contributed by atoms with van der Waals surface area (Å²) < 4.78 is 5.19. The molecule has 0 radical (unpaired) electrons. The fourth-order valence-electron chi connectivity index (χ4n) is 2.47. The van der Waals surface area contributed by atoms with E-state index in [1.54, 1.807) is 49.9 Å². The number of hydrogen-bond acceptors (Lipinski definition) is 4. The predicted octanol–water partition coefficient (Wildman–Crippen LogP) is 2.63. The summed E-state index contributed by atoms with van der Waals surface area (Å²) in [6.07, 6.45) is 0.499. The molecule has 1 aliphatic heterocycles. The summed E-state index contributed by atoms with van der Waals surface area (Å²) in [6.45, 7) is 6.35. The van der Waals surface area contributed by atoms with Gasteiger partial charge in [-0.2, -0.15) is 0 Å². The molecule has 0 aliphatic carbocycles. The van der Waals surface area contributed by atoms with E-state index in [9.17, 15) is 14.7 Å². The number of ether oxygens (including phenoxy) is 1. The van der Waals surface area contributed by atoms with Crippen molar-refractivity contribution in [3.63, 3.8) is 0 Å². The van der Waals surface area contributed by atoms with E-state index in [4.69, 9.17) is 4.74 Å². The lowest BCUT2D eigenvalue weighted by atomic mass is 10.1. The lowest BCUT2D eigenvalue weighted by molar-refractivity contribution is 0.0473. The van der Waals surface area contributed by atoms with Gasteiger partial charge in [0.2, 0.25) is 0 Å². The molecule has 23 heavy (non-hydrogen) atoms. The van der Waals surface area contributed by atoms with Crippen molar-refractivity contribution in [1.82, 2.24) is 4.90 Å². The molecular weight excluding hydrogens is 296 g/mol. The molecule has 1 aliphatic rings. The Morgan fingerprint density at radius 2 is 2.09 bits per heavy atom. The number of carbonyl (C=O) groups is 2. The van der Waals surface area contributed by atoms with Gasteiger partial charge in [-0.15, -0.1) is 0 Å². The standard InChI is InChI=1S/C17H24N2O4/c1-17(2,3)23-16(22)18-13-7-4-6-12(10-13)15(21)19-9-5-8-14(20)11-19/h4,6-7,10,14,20H,5,8-9,11H2,1-3H3,(H,18,22). The number of aliphatic hydroxyl groups is 1. The third kappa shape index (κ3) is 5.25. The van der Waals surface area contributed by atoms with Gasteiger partial charge in [-0.3, -0.25) is 10.1 Å². The highest BCUT2D eigenvalue weighted by atomic mass is 16.6. The van der Waals surface area contributed by atoms with Gasteiger partial charge in [0.1, 0.15) is 5.60 Å². The number of likely N-dealkylation sites (tertiary alicyclic amines) is 1. The Kier molecular flexibility index (Phi) is 5.26. The fourth-order valence-corrected chi connectivity index (χ4v) is 2.47. The van der Waals surface area contributed by atoms with Gasteiger partial charge in [0, 0.05) is 24.3 Å². The van der Waals surface area contributed by atoms with Crippen LogP contribution >= 0.6 is 0 Å². The van der Waals surface area contributed by atoms with Crippen LogP contribution in [0.2, 0.25) is 0 Å². The number of carbonyl (C=O) groups excluding carboxylic acids is 2. The molecule has 2 amide bonds. The van der Waals surface area contributed by atoms with E-state index in [0.29, 0.717) is 24.3 Å². The molecule has 1 aromatic carbocycles. The number of hydrogen-bond donors (Lipinski definition) is 2. The largest absolute Gasteiger partial charge is 0.444 e. The van der Waals surface area contributed by atoms with Gasteiger partial charge in [-0.25, -0.2) is 4.79 Å². The van der Waals surface area contributed by atoms with Crippen molar-refractivity contribution >= 4 is 17.7 Å². The van der Waals surface area contributed by atoms with Crippen molar-refractivity contribution in [2.24, 2.45) is 0 Å². The predicted molar refractivity (Wildman–Crippen MR) is 87.4 cm³/mol. The first-order valence-electron chi connectivity index (χ1n) is 7.82. The minimum absolute atomic E-state index is 0.142. The first-order valence-corrected chi connectivity index (χ1v) is 7.82. The molecule has 1 fully saturated rings. The Balaban J connectivity index is 2.04. The zero-order valence-corrected chi connectivity index (χ0v) is 13.8. The minimum atomic E-state index is -0.582. The molecule has 0 aromatic heterocycles. The van der Waals surface area contributed by atoms with Crippen LogP contribution in [0.4, 0.5) is 10.5 Å². The second-order valence-electron chi connectivity index (χ2n) is 6.75. The summed E-state index contributed by atoms with van der Waals surface area (Å²) in [6, 6.07) is 6.73. The second-order valence-corrected chi connectivity index (χ2v) is 6.75. The van der Waals surface area contributed by atoms with Crippen LogP contribution in [0.1, 0.15) is 44.0 Å². The second kappa shape index (κ2) is 7.00. The maximum absolute atomic E-state index is 12.5. The molecule has 0 spiro atoms. The smallest absolute Gasteiger partial charge is 0.412 e. The third-order valence-corrected chi connectivity index (χ3v) is 3.44. The molecule has 0 bridgehead atoms. The first-order chi connectivity index (χ1) is 10.7. The molecule has 126 valence electrons. The number of piperidine rings is 1. The summed E-state index contributed by atoms with van der Waals surface area (Å²) in [5.41, 5.74) is 0.400. The monoisotopic (exact) mass is 320 g/mol. The van der Waals surface area contributed by atoms with Crippen LogP contribution in [0.5, 0.6) is 0 Å². The van der Waals surface area contributed by atoms with Crippen molar-refractivity contribution in [2.75, 3.05) is 18.4 Å². The van der Waals surface area contributed by atoms with E-state index in [0.717, 1.165) is 12.8 Å². The summed E-state index contributed by atoms with van der Waals surface area (Å²) in [7, 11) is 0. The molecule has 2 N–H and O–H groups in total. The van der Waals surface area contributed by atoms with Gasteiger partial charge in [0.05, 0.1) is 6.10 Å². The van der Waals surface area contributed by atoms with Gasteiger partial charge in [0.15, 0.2) is 0 Å².